The molecule has 0 unspecified atom stereocenters. The summed E-state index contributed by atoms with van der Waals surface area (Å²) < 4.78 is 10.8. The van der Waals surface area contributed by atoms with Crippen LogP contribution in [0.1, 0.15) is 20.8 Å². The second-order valence-electron chi connectivity index (χ2n) is 5.25. The van der Waals surface area contributed by atoms with Gasteiger partial charge in [0.15, 0.2) is 5.13 Å². The van der Waals surface area contributed by atoms with Crippen molar-refractivity contribution in [3.05, 3.63) is 29.6 Å². The first-order valence-electron chi connectivity index (χ1n) is 7.06. The van der Waals surface area contributed by atoms with Gasteiger partial charge in [-0.05, 0) is 45.0 Å². The first-order chi connectivity index (χ1) is 10.1. The Kier molecular flexibility index (Phi) is 5.59. The van der Waals surface area contributed by atoms with Crippen LogP contribution in [-0.2, 0) is 4.74 Å². The number of benzene rings is 1. The Balaban J connectivity index is 2.03. The molecule has 5 heteroatoms. The van der Waals surface area contributed by atoms with Crippen LogP contribution in [0.3, 0.4) is 0 Å². The number of methoxy groups -OCH3 is 1. The van der Waals surface area contributed by atoms with E-state index in [4.69, 9.17) is 9.47 Å². The van der Waals surface area contributed by atoms with Crippen molar-refractivity contribution in [2.45, 2.75) is 32.9 Å². The molecule has 114 valence electrons. The minimum atomic E-state index is 0.0435. The van der Waals surface area contributed by atoms with Crippen molar-refractivity contribution in [2.75, 3.05) is 19.0 Å². The van der Waals surface area contributed by atoms with Crippen molar-refractivity contribution in [3.8, 4) is 17.0 Å². The highest BCUT2D eigenvalue weighted by molar-refractivity contribution is 7.14. The fourth-order valence-corrected chi connectivity index (χ4v) is 2.79. The van der Waals surface area contributed by atoms with Crippen molar-refractivity contribution < 1.29 is 9.47 Å². The van der Waals surface area contributed by atoms with Gasteiger partial charge in [-0.25, -0.2) is 4.98 Å². The SMILES string of the molecule is COC[C@H](C)Oc1ccc(-c2csc(NC(C)C)n2)cc1. The molecule has 0 bridgehead atoms. The molecule has 0 spiro atoms. The average molecular weight is 306 g/mol. The van der Waals surface area contributed by atoms with Crippen LogP contribution in [0.2, 0.25) is 0 Å². The maximum atomic E-state index is 5.75. The maximum absolute atomic E-state index is 5.75. The summed E-state index contributed by atoms with van der Waals surface area (Å²) in [7, 11) is 1.67. The van der Waals surface area contributed by atoms with E-state index in [2.05, 4.69) is 29.5 Å². The monoisotopic (exact) mass is 306 g/mol. The van der Waals surface area contributed by atoms with Crippen molar-refractivity contribution in [3.63, 3.8) is 0 Å². The van der Waals surface area contributed by atoms with E-state index in [-0.39, 0.29) is 6.10 Å². The highest BCUT2D eigenvalue weighted by atomic mass is 32.1. The third kappa shape index (κ3) is 4.72. The predicted molar refractivity (Wildman–Crippen MR) is 88.3 cm³/mol. The number of thiazole rings is 1. The van der Waals surface area contributed by atoms with Gasteiger partial charge < -0.3 is 14.8 Å². The Morgan fingerprint density at radius 3 is 2.52 bits per heavy atom. The summed E-state index contributed by atoms with van der Waals surface area (Å²) in [5.41, 5.74) is 2.08. The summed E-state index contributed by atoms with van der Waals surface area (Å²) in [4.78, 5) is 4.59. The molecule has 0 radical (unpaired) electrons. The molecule has 0 saturated carbocycles. The fourth-order valence-electron chi connectivity index (χ4n) is 1.92. The Labute approximate surface area is 130 Å². The zero-order chi connectivity index (χ0) is 15.2. The maximum Gasteiger partial charge on any atom is 0.183 e. The van der Waals surface area contributed by atoms with Crippen molar-refractivity contribution in [1.82, 2.24) is 4.98 Å². The molecule has 0 saturated heterocycles. The fraction of sp³-hybridized carbons (Fsp3) is 0.438. The molecule has 21 heavy (non-hydrogen) atoms. The van der Waals surface area contributed by atoms with Crippen LogP contribution in [0.25, 0.3) is 11.3 Å². The first kappa shape index (κ1) is 15.8. The van der Waals surface area contributed by atoms with Crippen LogP contribution < -0.4 is 10.1 Å². The number of nitrogens with one attached hydrogen (secondary N) is 1. The minimum Gasteiger partial charge on any atom is -0.488 e. The number of aromatic nitrogens is 1. The van der Waals surface area contributed by atoms with Crippen LogP contribution in [0.5, 0.6) is 5.75 Å². The molecular weight excluding hydrogens is 284 g/mol. The summed E-state index contributed by atoms with van der Waals surface area (Å²) in [5, 5.41) is 6.33. The van der Waals surface area contributed by atoms with Gasteiger partial charge in [0.1, 0.15) is 11.9 Å². The Bertz CT molecular complexity index is 552. The lowest BCUT2D eigenvalue weighted by molar-refractivity contribution is 0.0921. The molecule has 0 fully saturated rings. The van der Waals surface area contributed by atoms with Gasteiger partial charge in [-0.15, -0.1) is 11.3 Å². The molecule has 0 aliphatic heterocycles. The van der Waals surface area contributed by atoms with Crippen LogP contribution >= 0.6 is 11.3 Å². The van der Waals surface area contributed by atoms with E-state index in [0.717, 1.165) is 22.1 Å². The molecule has 1 heterocycles. The largest absolute Gasteiger partial charge is 0.488 e. The second-order valence-corrected chi connectivity index (χ2v) is 6.10. The number of ether oxygens (including phenoxy) is 2. The Morgan fingerprint density at radius 1 is 1.19 bits per heavy atom. The van der Waals surface area contributed by atoms with Gasteiger partial charge >= 0.3 is 0 Å². The van der Waals surface area contributed by atoms with Crippen LogP contribution in [0.4, 0.5) is 5.13 Å². The lowest BCUT2D eigenvalue weighted by Crippen LogP contribution is -2.17. The van der Waals surface area contributed by atoms with E-state index in [9.17, 15) is 0 Å². The summed E-state index contributed by atoms with van der Waals surface area (Å²) in [5.74, 6) is 0.846. The molecule has 1 N–H and O–H groups in total. The van der Waals surface area contributed by atoms with Gasteiger partial charge in [0, 0.05) is 24.1 Å². The molecule has 1 aromatic carbocycles. The van der Waals surface area contributed by atoms with Gasteiger partial charge in [0.05, 0.1) is 12.3 Å². The normalized spacial score (nSPS) is 12.4. The number of hydrogen-bond acceptors (Lipinski definition) is 5. The van der Waals surface area contributed by atoms with Crippen LogP contribution in [0.15, 0.2) is 29.6 Å². The van der Waals surface area contributed by atoms with Gasteiger partial charge in [0.25, 0.3) is 0 Å². The standard InChI is InChI=1S/C16H22N2O2S/c1-11(2)17-16-18-15(10-21-16)13-5-7-14(8-6-13)20-12(3)9-19-4/h5-8,10-12H,9H2,1-4H3,(H,17,18)/t12-/m0/s1. The summed E-state index contributed by atoms with van der Waals surface area (Å²) in [6, 6.07) is 8.39. The molecule has 4 nitrogen and oxygen atoms in total. The minimum absolute atomic E-state index is 0.0435. The average Bonchev–Trinajstić information content (AvgIpc) is 2.87. The van der Waals surface area contributed by atoms with Gasteiger partial charge in [-0.2, -0.15) is 0 Å². The molecule has 0 aliphatic carbocycles. The molecule has 1 aromatic heterocycles. The van der Waals surface area contributed by atoms with Gasteiger partial charge in [-0.1, -0.05) is 0 Å². The topological polar surface area (TPSA) is 43.4 Å². The third-order valence-electron chi connectivity index (χ3n) is 2.81. The van der Waals surface area contributed by atoms with E-state index in [1.165, 1.54) is 0 Å². The summed E-state index contributed by atoms with van der Waals surface area (Å²) in [6.45, 7) is 6.78. The lowest BCUT2D eigenvalue weighted by atomic mass is 10.2. The molecule has 1 atom stereocenters. The highest BCUT2D eigenvalue weighted by Crippen LogP contribution is 2.27. The zero-order valence-electron chi connectivity index (χ0n) is 12.9. The molecule has 0 aliphatic rings. The van der Waals surface area contributed by atoms with E-state index >= 15 is 0 Å². The highest BCUT2D eigenvalue weighted by Gasteiger charge is 2.07. The molecule has 2 rings (SSSR count). The van der Waals surface area contributed by atoms with Crippen molar-refractivity contribution in [2.24, 2.45) is 0 Å². The predicted octanol–water partition coefficient (Wildman–Crippen LogP) is 4.04. The van der Waals surface area contributed by atoms with Crippen molar-refractivity contribution in [1.29, 1.82) is 0 Å². The lowest BCUT2D eigenvalue weighted by Gasteiger charge is -2.13. The van der Waals surface area contributed by atoms with Crippen LogP contribution in [0, 0.1) is 0 Å². The summed E-state index contributed by atoms with van der Waals surface area (Å²) >= 11 is 1.62. The number of anilines is 1. The second kappa shape index (κ2) is 7.43. The van der Waals surface area contributed by atoms with Gasteiger partial charge in [-0.3, -0.25) is 0 Å². The van der Waals surface area contributed by atoms with Crippen LogP contribution in [-0.4, -0.2) is 30.8 Å². The molecular formula is C16H22N2O2S. The molecule has 2 aromatic rings. The van der Waals surface area contributed by atoms with E-state index in [1.54, 1.807) is 18.4 Å². The first-order valence-corrected chi connectivity index (χ1v) is 7.94. The third-order valence-corrected chi connectivity index (χ3v) is 3.58. The number of hydrogen-bond donors (Lipinski definition) is 1. The van der Waals surface area contributed by atoms with Crippen molar-refractivity contribution >= 4 is 16.5 Å². The van der Waals surface area contributed by atoms with E-state index in [1.807, 2.05) is 31.2 Å². The Hall–Kier alpha value is -1.59. The quantitative estimate of drug-likeness (QED) is 0.838. The zero-order valence-corrected chi connectivity index (χ0v) is 13.7. The smallest absolute Gasteiger partial charge is 0.183 e. The van der Waals surface area contributed by atoms with E-state index < -0.39 is 0 Å². The van der Waals surface area contributed by atoms with Gasteiger partial charge in [0.2, 0.25) is 0 Å². The Morgan fingerprint density at radius 2 is 1.90 bits per heavy atom. The molecule has 0 amide bonds. The number of nitrogens with zero attached hydrogens (tertiary/aromatic N) is 1. The van der Waals surface area contributed by atoms with E-state index in [0.29, 0.717) is 12.6 Å². The number of rotatable bonds is 7. The summed E-state index contributed by atoms with van der Waals surface area (Å²) in [6.07, 6.45) is 0.0435.